The van der Waals surface area contributed by atoms with Crippen LogP contribution in [0.15, 0.2) is 11.4 Å². The van der Waals surface area contributed by atoms with Gasteiger partial charge in [0.25, 0.3) is 5.91 Å². The van der Waals surface area contributed by atoms with Crippen LogP contribution in [0.4, 0.5) is 0 Å². The Balaban J connectivity index is 2.09. The molecule has 0 spiro atoms. The van der Waals surface area contributed by atoms with E-state index in [4.69, 9.17) is 17.3 Å². The molecule has 0 bridgehead atoms. The third-order valence-corrected chi connectivity index (χ3v) is 3.42. The molecule has 14 heavy (non-hydrogen) atoms. The molecule has 76 valence electrons. The van der Waals surface area contributed by atoms with E-state index < -0.39 is 0 Å². The van der Waals surface area contributed by atoms with E-state index >= 15 is 0 Å². The zero-order valence-electron chi connectivity index (χ0n) is 7.57. The van der Waals surface area contributed by atoms with E-state index in [1.165, 1.54) is 11.3 Å². The highest BCUT2D eigenvalue weighted by molar-refractivity contribution is 7.14. The molecule has 1 amide bonds. The maximum Gasteiger partial charge on any atom is 0.254 e. The van der Waals surface area contributed by atoms with Gasteiger partial charge in [-0.05, 0) is 12.5 Å². The fourth-order valence-corrected chi connectivity index (χ4v) is 2.43. The van der Waals surface area contributed by atoms with Gasteiger partial charge in [-0.1, -0.05) is 11.6 Å². The molecule has 0 aromatic carbocycles. The third kappa shape index (κ3) is 1.92. The molecule has 1 aliphatic rings. The highest BCUT2D eigenvalue weighted by atomic mass is 35.5. The molecule has 2 rings (SSSR count). The lowest BCUT2D eigenvalue weighted by Crippen LogP contribution is -2.31. The Hall–Kier alpha value is -0.580. The lowest BCUT2D eigenvalue weighted by Gasteiger charge is -2.14. The summed E-state index contributed by atoms with van der Waals surface area (Å²) in [6, 6.07) is 1.84. The van der Waals surface area contributed by atoms with E-state index in [0.29, 0.717) is 16.4 Å². The first-order chi connectivity index (χ1) is 6.66. The minimum absolute atomic E-state index is 0.0427. The van der Waals surface area contributed by atoms with Crippen LogP contribution >= 0.6 is 22.9 Å². The predicted molar refractivity (Wildman–Crippen MR) is 57.8 cm³/mol. The number of amides is 1. The predicted octanol–water partition coefficient (Wildman–Crippen LogP) is 1.57. The Labute approximate surface area is 91.5 Å². The molecule has 1 aromatic heterocycles. The van der Waals surface area contributed by atoms with Gasteiger partial charge in [-0.2, -0.15) is 0 Å². The summed E-state index contributed by atoms with van der Waals surface area (Å²) >= 11 is 7.14. The molecule has 1 atom stereocenters. The smallest absolute Gasteiger partial charge is 0.254 e. The van der Waals surface area contributed by atoms with Gasteiger partial charge in [0.15, 0.2) is 0 Å². The Morgan fingerprint density at radius 3 is 3.00 bits per heavy atom. The van der Waals surface area contributed by atoms with Gasteiger partial charge >= 0.3 is 0 Å². The van der Waals surface area contributed by atoms with Crippen molar-refractivity contribution in [2.24, 2.45) is 5.73 Å². The summed E-state index contributed by atoms with van der Waals surface area (Å²) in [5.74, 6) is 0.0427. The SMILES string of the molecule is N[C@H]1CCN(C(=O)c2csc(Cl)c2)C1. The second-order valence-electron chi connectivity index (χ2n) is 3.44. The van der Waals surface area contributed by atoms with Crippen molar-refractivity contribution in [3.63, 3.8) is 0 Å². The third-order valence-electron chi connectivity index (χ3n) is 2.33. The number of rotatable bonds is 1. The average Bonchev–Trinajstić information content (AvgIpc) is 2.73. The van der Waals surface area contributed by atoms with Gasteiger partial charge in [0, 0.05) is 24.5 Å². The zero-order valence-corrected chi connectivity index (χ0v) is 9.14. The Morgan fingerprint density at radius 2 is 2.50 bits per heavy atom. The molecule has 2 heterocycles. The number of hydrogen-bond donors (Lipinski definition) is 1. The van der Waals surface area contributed by atoms with Crippen molar-refractivity contribution in [2.45, 2.75) is 12.5 Å². The summed E-state index contributed by atoms with van der Waals surface area (Å²) in [4.78, 5) is 13.6. The molecule has 5 heteroatoms. The largest absolute Gasteiger partial charge is 0.337 e. The first-order valence-electron chi connectivity index (χ1n) is 4.45. The van der Waals surface area contributed by atoms with Crippen molar-refractivity contribution >= 4 is 28.8 Å². The van der Waals surface area contributed by atoms with Gasteiger partial charge < -0.3 is 10.6 Å². The number of nitrogens with two attached hydrogens (primary N) is 1. The maximum absolute atomic E-state index is 11.8. The molecule has 2 N–H and O–H groups in total. The Bertz CT molecular complexity index is 352. The van der Waals surface area contributed by atoms with Crippen molar-refractivity contribution in [3.05, 3.63) is 21.3 Å². The van der Waals surface area contributed by atoms with E-state index in [-0.39, 0.29) is 11.9 Å². The van der Waals surface area contributed by atoms with Crippen LogP contribution in [0.3, 0.4) is 0 Å². The number of likely N-dealkylation sites (tertiary alicyclic amines) is 1. The molecular weight excluding hydrogens is 220 g/mol. The van der Waals surface area contributed by atoms with Crippen LogP contribution in [0.5, 0.6) is 0 Å². The normalized spacial score (nSPS) is 21.6. The molecule has 3 nitrogen and oxygen atoms in total. The van der Waals surface area contributed by atoms with Crippen molar-refractivity contribution in [3.8, 4) is 0 Å². The van der Waals surface area contributed by atoms with E-state index in [2.05, 4.69) is 0 Å². The van der Waals surface area contributed by atoms with Crippen LogP contribution in [-0.2, 0) is 0 Å². The van der Waals surface area contributed by atoms with Crippen LogP contribution in [0, 0.1) is 0 Å². The van der Waals surface area contributed by atoms with Crippen molar-refractivity contribution in [2.75, 3.05) is 13.1 Å². The van der Waals surface area contributed by atoms with Gasteiger partial charge in [0.05, 0.1) is 9.90 Å². The monoisotopic (exact) mass is 230 g/mol. The highest BCUT2D eigenvalue weighted by Gasteiger charge is 2.24. The summed E-state index contributed by atoms with van der Waals surface area (Å²) in [7, 11) is 0. The standard InChI is InChI=1S/C9H11ClN2OS/c10-8-3-6(5-14-8)9(13)12-2-1-7(11)4-12/h3,5,7H,1-2,4,11H2/t7-/m0/s1. The van der Waals surface area contributed by atoms with E-state index in [9.17, 15) is 4.79 Å². The van der Waals surface area contributed by atoms with Crippen LogP contribution in [0.2, 0.25) is 4.34 Å². The van der Waals surface area contributed by atoms with E-state index in [1.54, 1.807) is 16.3 Å². The number of carbonyl (C=O) groups excluding carboxylic acids is 1. The molecule has 1 aliphatic heterocycles. The molecule has 0 radical (unpaired) electrons. The maximum atomic E-state index is 11.8. The van der Waals surface area contributed by atoms with Crippen molar-refractivity contribution in [1.82, 2.24) is 4.90 Å². The molecule has 1 fully saturated rings. The lowest BCUT2D eigenvalue weighted by atomic mass is 10.3. The summed E-state index contributed by atoms with van der Waals surface area (Å²) in [5.41, 5.74) is 6.40. The van der Waals surface area contributed by atoms with Gasteiger partial charge in [-0.3, -0.25) is 4.79 Å². The van der Waals surface area contributed by atoms with Crippen LogP contribution in [0.1, 0.15) is 16.8 Å². The zero-order chi connectivity index (χ0) is 10.1. The Morgan fingerprint density at radius 1 is 1.71 bits per heavy atom. The van der Waals surface area contributed by atoms with Gasteiger partial charge in [-0.25, -0.2) is 0 Å². The number of nitrogens with zero attached hydrogens (tertiary/aromatic N) is 1. The summed E-state index contributed by atoms with van der Waals surface area (Å²) < 4.78 is 0.650. The molecule has 0 saturated carbocycles. The molecule has 1 saturated heterocycles. The molecule has 1 aromatic rings. The first-order valence-corrected chi connectivity index (χ1v) is 5.71. The Kier molecular flexibility index (Phi) is 2.76. The fraction of sp³-hybridized carbons (Fsp3) is 0.444. The summed E-state index contributed by atoms with van der Waals surface area (Å²) in [5, 5.41) is 1.79. The van der Waals surface area contributed by atoms with Crippen molar-refractivity contribution in [1.29, 1.82) is 0 Å². The first kappa shape index (κ1) is 9.96. The van der Waals surface area contributed by atoms with Crippen LogP contribution < -0.4 is 5.73 Å². The van der Waals surface area contributed by atoms with Crippen LogP contribution in [0.25, 0.3) is 0 Å². The van der Waals surface area contributed by atoms with Gasteiger partial charge in [0.2, 0.25) is 0 Å². The minimum Gasteiger partial charge on any atom is -0.337 e. The highest BCUT2D eigenvalue weighted by Crippen LogP contribution is 2.22. The number of carbonyl (C=O) groups is 1. The average molecular weight is 231 g/mol. The van der Waals surface area contributed by atoms with Gasteiger partial charge in [0.1, 0.15) is 0 Å². The number of halogens is 1. The second kappa shape index (κ2) is 3.88. The van der Waals surface area contributed by atoms with Crippen LogP contribution in [-0.4, -0.2) is 29.9 Å². The molecule has 0 aliphatic carbocycles. The van der Waals surface area contributed by atoms with E-state index in [0.717, 1.165) is 13.0 Å². The molecule has 0 unspecified atom stereocenters. The fourth-order valence-electron chi connectivity index (χ4n) is 1.58. The quantitative estimate of drug-likeness (QED) is 0.796. The topological polar surface area (TPSA) is 46.3 Å². The number of hydrogen-bond acceptors (Lipinski definition) is 3. The van der Waals surface area contributed by atoms with Gasteiger partial charge in [-0.15, -0.1) is 11.3 Å². The molecular formula is C9H11ClN2OS. The summed E-state index contributed by atoms with van der Waals surface area (Å²) in [6.45, 7) is 1.42. The van der Waals surface area contributed by atoms with E-state index in [1.807, 2.05) is 0 Å². The summed E-state index contributed by atoms with van der Waals surface area (Å²) in [6.07, 6.45) is 0.892. The minimum atomic E-state index is 0.0427. The lowest BCUT2D eigenvalue weighted by molar-refractivity contribution is 0.0791. The second-order valence-corrected chi connectivity index (χ2v) is 4.98. The van der Waals surface area contributed by atoms with Crippen molar-refractivity contribution < 1.29 is 4.79 Å². The number of thiophene rings is 1.